The number of benzene rings is 1. The molecule has 1 amide bonds. The van der Waals surface area contributed by atoms with Gasteiger partial charge in [0.05, 0.1) is 5.54 Å². The molecule has 1 saturated carbocycles. The second kappa shape index (κ2) is 6.93. The van der Waals surface area contributed by atoms with E-state index < -0.39 is 0 Å². The molecule has 3 nitrogen and oxygen atoms in total. The van der Waals surface area contributed by atoms with Crippen LogP contribution in [0.25, 0.3) is 0 Å². The molecule has 21 heavy (non-hydrogen) atoms. The standard InChI is InChI=1S/C17H25BrN2O/c1-17(2,14-7-9-15(18)10-8-14)20-16(21)13-5-3-12(11-19)4-6-13/h7-10,12-13H,3-6,11,19H2,1-2H3,(H,20,21). The molecule has 0 radical (unpaired) electrons. The van der Waals surface area contributed by atoms with Gasteiger partial charge in [-0.3, -0.25) is 4.79 Å². The Labute approximate surface area is 135 Å². The number of hydrogen-bond acceptors (Lipinski definition) is 2. The SMILES string of the molecule is CC(C)(NC(=O)C1CCC(CN)CC1)c1ccc(Br)cc1. The summed E-state index contributed by atoms with van der Waals surface area (Å²) in [4.78, 5) is 12.5. The average molecular weight is 353 g/mol. The maximum atomic E-state index is 12.5. The minimum atomic E-state index is -0.345. The van der Waals surface area contributed by atoms with Gasteiger partial charge in [-0.25, -0.2) is 0 Å². The summed E-state index contributed by atoms with van der Waals surface area (Å²) in [6, 6.07) is 8.12. The number of nitrogens with two attached hydrogens (primary N) is 1. The van der Waals surface area contributed by atoms with Gasteiger partial charge in [0.1, 0.15) is 0 Å². The molecular formula is C17H25BrN2O. The van der Waals surface area contributed by atoms with E-state index in [0.717, 1.165) is 42.3 Å². The first-order valence-electron chi connectivity index (χ1n) is 7.70. The predicted octanol–water partition coefficient (Wildman–Crippen LogP) is 3.57. The van der Waals surface area contributed by atoms with Crippen molar-refractivity contribution in [2.75, 3.05) is 6.54 Å². The number of carbonyl (C=O) groups is 1. The third-order valence-corrected chi connectivity index (χ3v) is 5.08. The largest absolute Gasteiger partial charge is 0.347 e. The average Bonchev–Trinajstić information content (AvgIpc) is 2.47. The van der Waals surface area contributed by atoms with E-state index in [1.807, 2.05) is 12.1 Å². The summed E-state index contributed by atoms with van der Waals surface area (Å²) in [6.07, 6.45) is 4.08. The first kappa shape index (κ1) is 16.5. The maximum Gasteiger partial charge on any atom is 0.223 e. The van der Waals surface area contributed by atoms with Crippen LogP contribution in [0.1, 0.15) is 45.1 Å². The van der Waals surface area contributed by atoms with Gasteiger partial charge in [0, 0.05) is 10.4 Å². The summed E-state index contributed by atoms with van der Waals surface area (Å²) in [5.74, 6) is 0.925. The third-order valence-electron chi connectivity index (χ3n) is 4.55. The molecule has 116 valence electrons. The molecule has 0 aromatic heterocycles. The Morgan fingerprint density at radius 1 is 1.24 bits per heavy atom. The zero-order valence-electron chi connectivity index (χ0n) is 12.9. The topological polar surface area (TPSA) is 55.1 Å². The number of hydrogen-bond donors (Lipinski definition) is 2. The highest BCUT2D eigenvalue weighted by molar-refractivity contribution is 9.10. The molecule has 0 atom stereocenters. The Bertz CT molecular complexity index is 476. The van der Waals surface area contributed by atoms with Gasteiger partial charge in [0.2, 0.25) is 5.91 Å². The van der Waals surface area contributed by atoms with Crippen LogP contribution in [-0.4, -0.2) is 12.5 Å². The van der Waals surface area contributed by atoms with E-state index in [0.29, 0.717) is 5.92 Å². The molecule has 0 spiro atoms. The second-order valence-corrected chi connectivity index (χ2v) is 7.49. The van der Waals surface area contributed by atoms with Crippen molar-refractivity contribution in [1.29, 1.82) is 0 Å². The fourth-order valence-electron chi connectivity index (χ4n) is 3.01. The molecule has 1 fully saturated rings. The van der Waals surface area contributed by atoms with E-state index in [1.165, 1.54) is 0 Å². The van der Waals surface area contributed by atoms with Crippen molar-refractivity contribution in [1.82, 2.24) is 5.32 Å². The van der Waals surface area contributed by atoms with Gasteiger partial charge in [-0.2, -0.15) is 0 Å². The highest BCUT2D eigenvalue weighted by Crippen LogP contribution is 2.30. The molecule has 2 rings (SSSR count). The molecule has 1 aliphatic carbocycles. The summed E-state index contributed by atoms with van der Waals surface area (Å²) in [6.45, 7) is 4.86. The van der Waals surface area contributed by atoms with Crippen molar-refractivity contribution < 1.29 is 4.79 Å². The molecular weight excluding hydrogens is 328 g/mol. The van der Waals surface area contributed by atoms with Crippen LogP contribution in [0.5, 0.6) is 0 Å². The predicted molar refractivity (Wildman–Crippen MR) is 89.8 cm³/mol. The summed E-state index contributed by atoms with van der Waals surface area (Å²) in [5, 5.41) is 3.21. The molecule has 0 unspecified atom stereocenters. The summed E-state index contributed by atoms with van der Waals surface area (Å²) < 4.78 is 1.05. The first-order chi connectivity index (χ1) is 9.92. The van der Waals surface area contributed by atoms with Crippen molar-refractivity contribution >= 4 is 21.8 Å². The normalized spacial score (nSPS) is 22.9. The van der Waals surface area contributed by atoms with E-state index in [9.17, 15) is 4.79 Å². The quantitative estimate of drug-likeness (QED) is 0.870. The summed E-state index contributed by atoms with van der Waals surface area (Å²) in [5.41, 5.74) is 6.49. The van der Waals surface area contributed by atoms with Crippen molar-refractivity contribution in [2.24, 2.45) is 17.6 Å². The van der Waals surface area contributed by atoms with Crippen LogP contribution in [0, 0.1) is 11.8 Å². The molecule has 0 saturated heterocycles. The molecule has 1 aromatic rings. The second-order valence-electron chi connectivity index (χ2n) is 6.57. The minimum absolute atomic E-state index is 0.141. The smallest absolute Gasteiger partial charge is 0.223 e. The number of nitrogens with one attached hydrogen (secondary N) is 1. The van der Waals surface area contributed by atoms with Crippen LogP contribution in [0.15, 0.2) is 28.7 Å². The molecule has 3 N–H and O–H groups in total. The number of amides is 1. The zero-order chi connectivity index (χ0) is 15.5. The molecule has 1 aliphatic rings. The van der Waals surface area contributed by atoms with Crippen molar-refractivity contribution in [2.45, 2.75) is 45.1 Å². The number of carbonyl (C=O) groups excluding carboxylic acids is 1. The van der Waals surface area contributed by atoms with E-state index in [-0.39, 0.29) is 17.4 Å². The monoisotopic (exact) mass is 352 g/mol. The lowest BCUT2D eigenvalue weighted by molar-refractivity contribution is -0.128. The van der Waals surface area contributed by atoms with Gasteiger partial charge in [-0.15, -0.1) is 0 Å². The number of rotatable bonds is 4. The van der Waals surface area contributed by atoms with Gasteiger partial charge in [0.15, 0.2) is 0 Å². The van der Waals surface area contributed by atoms with Crippen LogP contribution in [-0.2, 0) is 10.3 Å². The van der Waals surface area contributed by atoms with Crippen molar-refractivity contribution in [3.8, 4) is 0 Å². The van der Waals surface area contributed by atoms with Crippen LogP contribution in [0.3, 0.4) is 0 Å². The summed E-state index contributed by atoms with van der Waals surface area (Å²) in [7, 11) is 0. The lowest BCUT2D eigenvalue weighted by Crippen LogP contribution is -2.45. The van der Waals surface area contributed by atoms with E-state index in [4.69, 9.17) is 5.73 Å². The summed E-state index contributed by atoms with van der Waals surface area (Å²) >= 11 is 3.44. The Morgan fingerprint density at radius 2 is 1.81 bits per heavy atom. The first-order valence-corrected chi connectivity index (χ1v) is 8.50. The Kier molecular flexibility index (Phi) is 5.44. The lowest BCUT2D eigenvalue weighted by atomic mass is 9.81. The zero-order valence-corrected chi connectivity index (χ0v) is 14.4. The molecule has 0 bridgehead atoms. The van der Waals surface area contributed by atoms with Crippen LogP contribution in [0.4, 0.5) is 0 Å². The van der Waals surface area contributed by atoms with E-state index in [1.54, 1.807) is 0 Å². The van der Waals surface area contributed by atoms with Gasteiger partial charge >= 0.3 is 0 Å². The molecule has 0 heterocycles. The maximum absolute atomic E-state index is 12.5. The molecule has 4 heteroatoms. The van der Waals surface area contributed by atoms with Gasteiger partial charge in [-0.05, 0) is 69.7 Å². The van der Waals surface area contributed by atoms with Gasteiger partial charge < -0.3 is 11.1 Å². The van der Waals surface area contributed by atoms with Crippen LogP contribution < -0.4 is 11.1 Å². The Morgan fingerprint density at radius 3 is 2.33 bits per heavy atom. The third kappa shape index (κ3) is 4.30. The molecule has 0 aliphatic heterocycles. The van der Waals surface area contributed by atoms with Crippen molar-refractivity contribution in [3.63, 3.8) is 0 Å². The Balaban J connectivity index is 1.96. The van der Waals surface area contributed by atoms with E-state index >= 15 is 0 Å². The minimum Gasteiger partial charge on any atom is -0.347 e. The van der Waals surface area contributed by atoms with Crippen molar-refractivity contribution in [3.05, 3.63) is 34.3 Å². The fourth-order valence-corrected chi connectivity index (χ4v) is 3.27. The highest BCUT2D eigenvalue weighted by Gasteiger charge is 2.30. The lowest BCUT2D eigenvalue weighted by Gasteiger charge is -2.32. The van der Waals surface area contributed by atoms with Crippen LogP contribution in [0.2, 0.25) is 0 Å². The van der Waals surface area contributed by atoms with E-state index in [2.05, 4.69) is 47.2 Å². The van der Waals surface area contributed by atoms with Gasteiger partial charge in [0.25, 0.3) is 0 Å². The Hall–Kier alpha value is -0.870. The number of halogens is 1. The highest BCUT2D eigenvalue weighted by atomic mass is 79.9. The molecule has 1 aromatic carbocycles. The fraction of sp³-hybridized carbons (Fsp3) is 0.588. The van der Waals surface area contributed by atoms with Crippen LogP contribution >= 0.6 is 15.9 Å². The van der Waals surface area contributed by atoms with Gasteiger partial charge in [-0.1, -0.05) is 28.1 Å².